The fraction of sp³-hybridized carbons (Fsp3) is 0.300. The monoisotopic (exact) mass is 336 g/mol. The van der Waals surface area contributed by atoms with Gasteiger partial charge in [-0.25, -0.2) is 9.37 Å². The van der Waals surface area contributed by atoms with Crippen LogP contribution in [0.5, 0.6) is 0 Å². The molecule has 0 aliphatic carbocycles. The Kier molecular flexibility index (Phi) is 4.57. The van der Waals surface area contributed by atoms with Crippen LogP contribution in [0.25, 0.3) is 0 Å². The van der Waals surface area contributed by atoms with Gasteiger partial charge >= 0.3 is 0 Å². The van der Waals surface area contributed by atoms with Crippen molar-refractivity contribution in [3.63, 3.8) is 0 Å². The number of halogens is 1. The SMILES string of the molecule is Fc1ccc(C(NCc2cnc3n2CCCC3)c2cccnc2)cc1. The highest BCUT2D eigenvalue weighted by atomic mass is 19.1. The number of pyridine rings is 1. The summed E-state index contributed by atoms with van der Waals surface area (Å²) in [5, 5.41) is 3.60. The Morgan fingerprint density at radius 3 is 2.76 bits per heavy atom. The molecule has 3 heterocycles. The van der Waals surface area contributed by atoms with Crippen LogP contribution in [0.4, 0.5) is 4.39 Å². The molecule has 1 atom stereocenters. The normalized spacial score (nSPS) is 14.9. The Bertz CT molecular complexity index is 827. The van der Waals surface area contributed by atoms with E-state index in [9.17, 15) is 4.39 Å². The third-order valence-electron chi connectivity index (χ3n) is 4.76. The molecule has 1 unspecified atom stereocenters. The van der Waals surface area contributed by atoms with Gasteiger partial charge in [-0.1, -0.05) is 18.2 Å². The first-order valence-corrected chi connectivity index (χ1v) is 8.73. The van der Waals surface area contributed by atoms with Crippen molar-refractivity contribution in [3.8, 4) is 0 Å². The van der Waals surface area contributed by atoms with Crippen molar-refractivity contribution in [2.75, 3.05) is 0 Å². The van der Waals surface area contributed by atoms with Crippen LogP contribution in [0.2, 0.25) is 0 Å². The highest BCUT2D eigenvalue weighted by Crippen LogP contribution is 2.23. The van der Waals surface area contributed by atoms with E-state index in [4.69, 9.17) is 0 Å². The molecule has 1 aliphatic rings. The van der Waals surface area contributed by atoms with Gasteiger partial charge in [-0.15, -0.1) is 0 Å². The van der Waals surface area contributed by atoms with Crippen LogP contribution < -0.4 is 5.32 Å². The summed E-state index contributed by atoms with van der Waals surface area (Å²) in [6.07, 6.45) is 9.08. The molecule has 1 aliphatic heterocycles. The second-order valence-corrected chi connectivity index (χ2v) is 6.43. The number of hydrogen-bond acceptors (Lipinski definition) is 3. The van der Waals surface area contributed by atoms with E-state index in [2.05, 4.69) is 19.9 Å². The number of benzene rings is 1. The van der Waals surface area contributed by atoms with E-state index < -0.39 is 0 Å². The molecule has 0 saturated carbocycles. The third-order valence-corrected chi connectivity index (χ3v) is 4.76. The molecule has 25 heavy (non-hydrogen) atoms. The maximum Gasteiger partial charge on any atom is 0.123 e. The Morgan fingerprint density at radius 1 is 1.08 bits per heavy atom. The zero-order valence-corrected chi connectivity index (χ0v) is 14.0. The van der Waals surface area contributed by atoms with E-state index in [1.165, 1.54) is 36.5 Å². The summed E-state index contributed by atoms with van der Waals surface area (Å²) >= 11 is 0. The lowest BCUT2D eigenvalue weighted by Gasteiger charge is -2.21. The average Bonchev–Trinajstić information content (AvgIpc) is 3.07. The van der Waals surface area contributed by atoms with Crippen LogP contribution in [-0.2, 0) is 19.5 Å². The van der Waals surface area contributed by atoms with Crippen LogP contribution >= 0.6 is 0 Å². The second kappa shape index (κ2) is 7.15. The second-order valence-electron chi connectivity index (χ2n) is 6.43. The molecule has 0 bridgehead atoms. The molecule has 5 heteroatoms. The minimum atomic E-state index is -0.224. The summed E-state index contributed by atoms with van der Waals surface area (Å²) in [6.45, 7) is 1.75. The molecule has 1 N–H and O–H groups in total. The molecule has 4 rings (SSSR count). The minimum Gasteiger partial charge on any atom is -0.331 e. The number of aryl methyl sites for hydroxylation is 1. The molecule has 2 aromatic heterocycles. The number of fused-ring (bicyclic) bond motifs is 1. The first-order chi connectivity index (χ1) is 12.3. The van der Waals surface area contributed by atoms with Gasteiger partial charge in [0.2, 0.25) is 0 Å². The zero-order chi connectivity index (χ0) is 17.1. The van der Waals surface area contributed by atoms with Crippen molar-refractivity contribution in [2.45, 2.75) is 38.4 Å². The summed E-state index contributed by atoms with van der Waals surface area (Å²) < 4.78 is 15.6. The van der Waals surface area contributed by atoms with Gasteiger partial charge in [-0.05, 0) is 42.2 Å². The van der Waals surface area contributed by atoms with Gasteiger partial charge in [0.05, 0.1) is 11.7 Å². The van der Waals surface area contributed by atoms with Crippen molar-refractivity contribution >= 4 is 0 Å². The predicted molar refractivity (Wildman–Crippen MR) is 94.5 cm³/mol. The van der Waals surface area contributed by atoms with Gasteiger partial charge in [0, 0.05) is 38.1 Å². The van der Waals surface area contributed by atoms with Gasteiger partial charge in [-0.2, -0.15) is 0 Å². The number of imidazole rings is 1. The van der Waals surface area contributed by atoms with Gasteiger partial charge in [-0.3, -0.25) is 4.98 Å². The van der Waals surface area contributed by atoms with Gasteiger partial charge in [0.1, 0.15) is 11.6 Å². The lowest BCUT2D eigenvalue weighted by Crippen LogP contribution is -2.24. The molecule has 0 radical (unpaired) electrons. The average molecular weight is 336 g/mol. The van der Waals surface area contributed by atoms with Crippen molar-refractivity contribution in [2.24, 2.45) is 0 Å². The Hall–Kier alpha value is -2.53. The summed E-state index contributed by atoms with van der Waals surface area (Å²) in [4.78, 5) is 8.79. The zero-order valence-electron chi connectivity index (χ0n) is 14.0. The molecule has 1 aromatic carbocycles. The molecule has 0 fully saturated rings. The van der Waals surface area contributed by atoms with Crippen LogP contribution in [-0.4, -0.2) is 14.5 Å². The van der Waals surface area contributed by atoms with Crippen LogP contribution in [0.15, 0.2) is 55.0 Å². The lowest BCUT2D eigenvalue weighted by atomic mass is 10.00. The summed E-state index contributed by atoms with van der Waals surface area (Å²) in [6, 6.07) is 10.6. The fourth-order valence-corrected chi connectivity index (χ4v) is 3.46. The standard InChI is InChI=1S/C20H21FN4/c21-17-8-6-15(7-9-17)20(16-4-3-10-22-12-16)24-14-18-13-23-19-5-1-2-11-25(18)19/h3-4,6-10,12-13,20,24H,1-2,5,11,14H2. The van der Waals surface area contributed by atoms with E-state index in [0.717, 1.165) is 24.1 Å². The van der Waals surface area contributed by atoms with Crippen molar-refractivity contribution in [1.29, 1.82) is 0 Å². The van der Waals surface area contributed by atoms with E-state index >= 15 is 0 Å². The van der Waals surface area contributed by atoms with Gasteiger partial charge < -0.3 is 9.88 Å². The van der Waals surface area contributed by atoms with Crippen LogP contribution in [0.1, 0.15) is 41.5 Å². The largest absolute Gasteiger partial charge is 0.331 e. The van der Waals surface area contributed by atoms with Gasteiger partial charge in [0.25, 0.3) is 0 Å². The quantitative estimate of drug-likeness (QED) is 0.774. The molecule has 0 saturated heterocycles. The third kappa shape index (κ3) is 3.46. The highest BCUT2D eigenvalue weighted by Gasteiger charge is 2.17. The summed E-state index contributed by atoms with van der Waals surface area (Å²) in [5.41, 5.74) is 3.28. The van der Waals surface area contributed by atoms with Crippen molar-refractivity contribution in [3.05, 3.63) is 83.5 Å². The summed E-state index contributed by atoms with van der Waals surface area (Å²) in [5.74, 6) is 0.960. The van der Waals surface area contributed by atoms with E-state index in [0.29, 0.717) is 6.54 Å². The Labute approximate surface area is 146 Å². The molecular weight excluding hydrogens is 315 g/mol. The van der Waals surface area contributed by atoms with Crippen molar-refractivity contribution < 1.29 is 4.39 Å². The first-order valence-electron chi connectivity index (χ1n) is 8.73. The molecule has 128 valence electrons. The molecule has 4 nitrogen and oxygen atoms in total. The fourth-order valence-electron chi connectivity index (χ4n) is 3.46. The molecule has 0 spiro atoms. The summed E-state index contributed by atoms with van der Waals surface area (Å²) in [7, 11) is 0. The maximum atomic E-state index is 13.3. The topological polar surface area (TPSA) is 42.7 Å². The number of rotatable bonds is 5. The molecular formula is C20H21FN4. The first kappa shape index (κ1) is 16.0. The maximum absolute atomic E-state index is 13.3. The Morgan fingerprint density at radius 2 is 1.96 bits per heavy atom. The van der Waals surface area contributed by atoms with E-state index in [1.54, 1.807) is 6.20 Å². The molecule has 0 amide bonds. The van der Waals surface area contributed by atoms with Crippen LogP contribution in [0, 0.1) is 5.82 Å². The highest BCUT2D eigenvalue weighted by molar-refractivity contribution is 5.30. The number of nitrogens with one attached hydrogen (secondary N) is 1. The number of aromatic nitrogens is 3. The van der Waals surface area contributed by atoms with Gasteiger partial charge in [0.15, 0.2) is 0 Å². The lowest BCUT2D eigenvalue weighted by molar-refractivity contribution is 0.491. The predicted octanol–water partition coefficient (Wildman–Crippen LogP) is 3.63. The smallest absolute Gasteiger partial charge is 0.123 e. The van der Waals surface area contributed by atoms with Crippen molar-refractivity contribution in [1.82, 2.24) is 19.9 Å². The van der Waals surface area contributed by atoms with E-state index in [1.807, 2.05) is 36.7 Å². The number of hydrogen-bond donors (Lipinski definition) is 1. The van der Waals surface area contributed by atoms with E-state index in [-0.39, 0.29) is 11.9 Å². The molecule has 3 aromatic rings. The minimum absolute atomic E-state index is 0.0379. The van der Waals surface area contributed by atoms with Crippen LogP contribution in [0.3, 0.4) is 0 Å². The Balaban J connectivity index is 1.58. The number of nitrogens with zero attached hydrogens (tertiary/aromatic N) is 3.